The number of carboxylic acid groups (broad SMARTS) is 1. The van der Waals surface area contributed by atoms with Crippen LogP contribution in [0.4, 0.5) is 0 Å². The van der Waals surface area contributed by atoms with E-state index in [0.717, 1.165) is 0 Å². The van der Waals surface area contributed by atoms with Crippen LogP contribution in [0.2, 0.25) is 0 Å². The molecule has 6 nitrogen and oxygen atoms in total. The van der Waals surface area contributed by atoms with Crippen LogP contribution < -0.4 is 11.1 Å². The highest BCUT2D eigenvalue weighted by molar-refractivity contribution is 5.81. The van der Waals surface area contributed by atoms with Crippen molar-refractivity contribution < 1.29 is 19.4 Å². The van der Waals surface area contributed by atoms with Crippen molar-refractivity contribution in [2.24, 2.45) is 5.73 Å². The first-order valence-corrected chi connectivity index (χ1v) is 4.79. The summed E-state index contributed by atoms with van der Waals surface area (Å²) in [5.41, 5.74) is 5.48. The molecule has 0 bridgehead atoms. The molecular formula is C9H18N2O4. The standard InChI is InChI=1S/C9H18N2O4/c1-3-7(10)9(14)11-5-6(15-2)4-8(12)13/h6-7H,3-5,10H2,1-2H3,(H,11,14)(H,12,13). The maximum Gasteiger partial charge on any atom is 0.306 e. The molecule has 6 heteroatoms. The molecule has 0 saturated carbocycles. The van der Waals surface area contributed by atoms with E-state index in [1.54, 1.807) is 6.92 Å². The van der Waals surface area contributed by atoms with Crippen molar-refractivity contribution in [2.75, 3.05) is 13.7 Å². The molecular weight excluding hydrogens is 200 g/mol. The molecule has 0 fully saturated rings. The van der Waals surface area contributed by atoms with E-state index in [9.17, 15) is 9.59 Å². The average Bonchev–Trinajstić information content (AvgIpc) is 2.21. The summed E-state index contributed by atoms with van der Waals surface area (Å²) in [6, 6.07) is -0.549. The summed E-state index contributed by atoms with van der Waals surface area (Å²) in [7, 11) is 1.40. The molecule has 0 aliphatic carbocycles. The predicted molar refractivity (Wildman–Crippen MR) is 54.3 cm³/mol. The van der Waals surface area contributed by atoms with Crippen LogP contribution in [0.25, 0.3) is 0 Å². The summed E-state index contributed by atoms with van der Waals surface area (Å²) < 4.78 is 4.89. The lowest BCUT2D eigenvalue weighted by atomic mass is 10.2. The quantitative estimate of drug-likeness (QED) is 0.526. The van der Waals surface area contributed by atoms with E-state index in [1.165, 1.54) is 7.11 Å². The van der Waals surface area contributed by atoms with E-state index >= 15 is 0 Å². The number of rotatable bonds is 7. The van der Waals surface area contributed by atoms with Crippen LogP contribution in [0.15, 0.2) is 0 Å². The number of nitrogens with one attached hydrogen (secondary N) is 1. The SMILES string of the molecule is CCC(N)C(=O)NCC(CC(=O)O)OC. The Labute approximate surface area is 88.8 Å². The number of nitrogens with two attached hydrogens (primary N) is 1. The Kier molecular flexibility index (Phi) is 6.64. The van der Waals surface area contributed by atoms with Crippen molar-refractivity contribution in [3.05, 3.63) is 0 Å². The molecule has 0 spiro atoms. The second-order valence-electron chi connectivity index (χ2n) is 3.22. The first-order chi connectivity index (χ1) is 7.01. The molecule has 0 aromatic carbocycles. The molecule has 88 valence electrons. The minimum Gasteiger partial charge on any atom is -0.481 e. The Hall–Kier alpha value is -1.14. The van der Waals surface area contributed by atoms with Crippen LogP contribution in [0.1, 0.15) is 19.8 Å². The van der Waals surface area contributed by atoms with Crippen molar-refractivity contribution in [2.45, 2.75) is 31.9 Å². The highest BCUT2D eigenvalue weighted by Crippen LogP contribution is 1.96. The first-order valence-electron chi connectivity index (χ1n) is 4.79. The van der Waals surface area contributed by atoms with E-state index in [-0.39, 0.29) is 18.9 Å². The third-order valence-corrected chi connectivity index (χ3v) is 2.02. The van der Waals surface area contributed by atoms with Gasteiger partial charge in [0.1, 0.15) is 0 Å². The molecule has 15 heavy (non-hydrogen) atoms. The van der Waals surface area contributed by atoms with Gasteiger partial charge in [0.2, 0.25) is 5.91 Å². The van der Waals surface area contributed by atoms with Gasteiger partial charge in [-0.2, -0.15) is 0 Å². The van der Waals surface area contributed by atoms with Gasteiger partial charge in [0.25, 0.3) is 0 Å². The van der Waals surface area contributed by atoms with E-state index in [1.807, 2.05) is 0 Å². The monoisotopic (exact) mass is 218 g/mol. The molecule has 0 rings (SSSR count). The molecule has 2 atom stereocenters. The van der Waals surface area contributed by atoms with Crippen LogP contribution in [-0.4, -0.2) is 42.8 Å². The predicted octanol–water partition coefficient (Wildman–Crippen LogP) is -0.670. The van der Waals surface area contributed by atoms with Crippen molar-refractivity contribution in [1.29, 1.82) is 0 Å². The van der Waals surface area contributed by atoms with Crippen LogP contribution in [0.5, 0.6) is 0 Å². The van der Waals surface area contributed by atoms with Crippen LogP contribution in [0.3, 0.4) is 0 Å². The third-order valence-electron chi connectivity index (χ3n) is 2.02. The summed E-state index contributed by atoms with van der Waals surface area (Å²) in [5, 5.41) is 11.1. The summed E-state index contributed by atoms with van der Waals surface area (Å²) in [6.07, 6.45) is -0.115. The van der Waals surface area contributed by atoms with Gasteiger partial charge in [-0.05, 0) is 6.42 Å². The normalized spacial score (nSPS) is 14.3. The topological polar surface area (TPSA) is 102 Å². The molecule has 0 aliphatic rings. The van der Waals surface area contributed by atoms with E-state index in [4.69, 9.17) is 15.6 Å². The molecule has 0 aromatic rings. The summed E-state index contributed by atoms with van der Waals surface area (Å²) in [5.74, 6) is -1.25. The van der Waals surface area contributed by atoms with Gasteiger partial charge in [-0.25, -0.2) is 0 Å². The van der Waals surface area contributed by atoms with E-state index in [2.05, 4.69) is 5.32 Å². The molecule has 1 amide bonds. The molecule has 2 unspecified atom stereocenters. The van der Waals surface area contributed by atoms with Gasteiger partial charge in [-0.1, -0.05) is 6.92 Å². The van der Waals surface area contributed by atoms with Gasteiger partial charge >= 0.3 is 5.97 Å². The molecule has 0 aliphatic heterocycles. The average molecular weight is 218 g/mol. The molecule has 4 N–H and O–H groups in total. The van der Waals surface area contributed by atoms with E-state index in [0.29, 0.717) is 6.42 Å². The van der Waals surface area contributed by atoms with Gasteiger partial charge < -0.3 is 20.9 Å². The fraction of sp³-hybridized carbons (Fsp3) is 0.778. The van der Waals surface area contributed by atoms with Crippen molar-refractivity contribution in [1.82, 2.24) is 5.32 Å². The number of hydrogen-bond acceptors (Lipinski definition) is 4. The number of carbonyl (C=O) groups is 2. The zero-order valence-electron chi connectivity index (χ0n) is 9.03. The Bertz CT molecular complexity index is 220. The Morgan fingerprint density at radius 2 is 2.13 bits per heavy atom. The lowest BCUT2D eigenvalue weighted by Crippen LogP contribution is -2.43. The summed E-state index contributed by atoms with van der Waals surface area (Å²) in [6.45, 7) is 1.96. The third kappa shape index (κ3) is 6.03. The minimum absolute atomic E-state index is 0.141. The fourth-order valence-corrected chi connectivity index (χ4v) is 0.965. The van der Waals surface area contributed by atoms with Crippen LogP contribution >= 0.6 is 0 Å². The molecule has 0 heterocycles. The van der Waals surface area contributed by atoms with Gasteiger partial charge in [0.15, 0.2) is 0 Å². The number of amides is 1. The van der Waals surface area contributed by atoms with E-state index < -0.39 is 18.1 Å². The number of ether oxygens (including phenoxy) is 1. The lowest BCUT2D eigenvalue weighted by molar-refractivity contribution is -0.140. The Morgan fingerprint density at radius 3 is 2.53 bits per heavy atom. The maximum absolute atomic E-state index is 11.2. The number of methoxy groups -OCH3 is 1. The molecule has 0 radical (unpaired) electrons. The van der Waals surface area contributed by atoms with Gasteiger partial charge in [0.05, 0.1) is 18.6 Å². The van der Waals surface area contributed by atoms with Gasteiger partial charge in [0, 0.05) is 13.7 Å². The van der Waals surface area contributed by atoms with Gasteiger partial charge in [-0.3, -0.25) is 9.59 Å². The zero-order valence-corrected chi connectivity index (χ0v) is 9.03. The first kappa shape index (κ1) is 13.9. The number of aliphatic carboxylic acids is 1. The summed E-state index contributed by atoms with van der Waals surface area (Å²) in [4.78, 5) is 21.6. The summed E-state index contributed by atoms with van der Waals surface area (Å²) >= 11 is 0. The second-order valence-corrected chi connectivity index (χ2v) is 3.22. The number of carboxylic acids is 1. The van der Waals surface area contributed by atoms with Crippen molar-refractivity contribution in [3.8, 4) is 0 Å². The van der Waals surface area contributed by atoms with Gasteiger partial charge in [-0.15, -0.1) is 0 Å². The maximum atomic E-state index is 11.2. The Balaban J connectivity index is 3.89. The highest BCUT2D eigenvalue weighted by atomic mass is 16.5. The van der Waals surface area contributed by atoms with Crippen LogP contribution in [-0.2, 0) is 14.3 Å². The number of carbonyl (C=O) groups excluding carboxylic acids is 1. The van der Waals surface area contributed by atoms with Crippen molar-refractivity contribution in [3.63, 3.8) is 0 Å². The highest BCUT2D eigenvalue weighted by Gasteiger charge is 2.15. The van der Waals surface area contributed by atoms with Crippen LogP contribution in [0, 0.1) is 0 Å². The fourth-order valence-electron chi connectivity index (χ4n) is 0.965. The lowest BCUT2D eigenvalue weighted by Gasteiger charge is -2.15. The smallest absolute Gasteiger partial charge is 0.306 e. The molecule has 0 saturated heterocycles. The Morgan fingerprint density at radius 1 is 1.53 bits per heavy atom. The molecule has 0 aromatic heterocycles. The zero-order chi connectivity index (χ0) is 11.8. The minimum atomic E-state index is -0.962. The second kappa shape index (κ2) is 7.19. The largest absolute Gasteiger partial charge is 0.481 e. The number of hydrogen-bond donors (Lipinski definition) is 3. The van der Waals surface area contributed by atoms with Crippen molar-refractivity contribution >= 4 is 11.9 Å².